The van der Waals surface area contributed by atoms with E-state index in [-0.39, 0.29) is 43.1 Å². The first-order valence-corrected chi connectivity index (χ1v) is 18.9. The number of nitrogens with one attached hydrogen (secondary N) is 6. The van der Waals surface area contributed by atoms with Crippen LogP contribution in [0.3, 0.4) is 0 Å². The second-order valence-electron chi connectivity index (χ2n) is 13.6. The molecule has 1 aliphatic heterocycles. The molecule has 320 valence electrons. The molecule has 2 aromatic rings. The number of carboxylic acids is 2. The van der Waals surface area contributed by atoms with Crippen LogP contribution >= 0.6 is 12.6 Å². The van der Waals surface area contributed by atoms with Gasteiger partial charge in [-0.1, -0.05) is 24.3 Å². The van der Waals surface area contributed by atoms with Gasteiger partial charge in [-0.15, -0.1) is 0 Å². The average Bonchev–Trinajstić information content (AvgIpc) is 3.69. The molecule has 1 saturated heterocycles. The summed E-state index contributed by atoms with van der Waals surface area (Å²) in [5.74, 6) is -8.78. The van der Waals surface area contributed by atoms with Crippen molar-refractivity contribution in [2.75, 3.05) is 25.4 Å². The fourth-order valence-corrected chi connectivity index (χ4v) is 6.12. The Labute approximate surface area is 343 Å². The number of benzene rings is 2. The largest absolute Gasteiger partial charge is 0.508 e. The lowest BCUT2D eigenvalue weighted by Gasteiger charge is -2.29. The van der Waals surface area contributed by atoms with Crippen LogP contribution in [0.25, 0.3) is 0 Å². The van der Waals surface area contributed by atoms with E-state index in [2.05, 4.69) is 39.2 Å². The molecule has 1 fully saturated rings. The number of aliphatic carboxylic acids is 2. The summed E-state index contributed by atoms with van der Waals surface area (Å²) in [6, 6.07) is 4.22. The summed E-state index contributed by atoms with van der Waals surface area (Å²) in [5, 5.41) is 51.4. The van der Waals surface area contributed by atoms with Crippen LogP contribution in [0.4, 0.5) is 0 Å². The maximum Gasteiger partial charge on any atom is 0.326 e. The summed E-state index contributed by atoms with van der Waals surface area (Å²) in [5.41, 5.74) is 7.15. The van der Waals surface area contributed by atoms with Gasteiger partial charge in [0, 0.05) is 18.7 Å². The highest BCUT2D eigenvalue weighted by Gasteiger charge is 2.38. The van der Waals surface area contributed by atoms with Crippen LogP contribution in [0.15, 0.2) is 48.5 Å². The second-order valence-corrected chi connectivity index (χ2v) is 14.0. The quantitative estimate of drug-likeness (QED) is 0.0554. The lowest BCUT2D eigenvalue weighted by atomic mass is 10.0. The highest BCUT2D eigenvalue weighted by molar-refractivity contribution is 7.80. The van der Waals surface area contributed by atoms with E-state index in [1.807, 2.05) is 5.32 Å². The third kappa shape index (κ3) is 15.1. The Hall–Kier alpha value is -6.42. The average molecular weight is 845 g/mol. The number of nitrogens with two attached hydrogens (primary N) is 1. The summed E-state index contributed by atoms with van der Waals surface area (Å²) < 4.78 is 0. The number of thiol groups is 1. The van der Waals surface area contributed by atoms with Gasteiger partial charge in [0.05, 0.1) is 25.6 Å². The molecule has 1 aliphatic rings. The molecule has 0 bridgehead atoms. The van der Waals surface area contributed by atoms with Crippen LogP contribution in [-0.2, 0) is 56.0 Å². The molecule has 2 aromatic carbocycles. The number of carboxylic acid groups (broad SMARTS) is 2. The molecule has 0 unspecified atom stereocenters. The molecule has 59 heavy (non-hydrogen) atoms. The number of likely N-dealkylation sites (tertiary alicyclic amines) is 1. The fourth-order valence-electron chi connectivity index (χ4n) is 5.87. The van der Waals surface area contributed by atoms with Crippen molar-refractivity contribution in [1.82, 2.24) is 36.8 Å². The zero-order valence-electron chi connectivity index (χ0n) is 31.9. The van der Waals surface area contributed by atoms with Crippen molar-refractivity contribution >= 4 is 65.9 Å². The van der Waals surface area contributed by atoms with Gasteiger partial charge in [0.25, 0.3) is 0 Å². The predicted octanol–water partition coefficient (Wildman–Crippen LogP) is -3.12. The van der Waals surface area contributed by atoms with Crippen molar-refractivity contribution in [2.45, 2.75) is 75.3 Å². The van der Waals surface area contributed by atoms with Crippen LogP contribution in [0.2, 0.25) is 0 Å². The van der Waals surface area contributed by atoms with E-state index in [9.17, 15) is 53.4 Å². The zero-order chi connectivity index (χ0) is 43.8. The molecule has 0 radical (unpaired) electrons. The topological polar surface area (TPSA) is 336 Å². The molecule has 22 heteroatoms. The summed E-state index contributed by atoms with van der Waals surface area (Å²) >= 11 is 4.22. The second kappa shape index (κ2) is 22.5. The van der Waals surface area contributed by atoms with Crippen LogP contribution < -0.4 is 37.6 Å². The summed E-state index contributed by atoms with van der Waals surface area (Å²) in [6.07, 6.45) is -0.338. The number of carbonyl (C=O) groups is 9. The minimum Gasteiger partial charge on any atom is -0.508 e. The first kappa shape index (κ1) is 47.0. The third-order valence-electron chi connectivity index (χ3n) is 9.00. The van der Waals surface area contributed by atoms with Gasteiger partial charge in [-0.3, -0.25) is 38.4 Å². The number of amides is 7. The van der Waals surface area contributed by atoms with Gasteiger partial charge in [0.2, 0.25) is 41.4 Å². The highest BCUT2D eigenvalue weighted by atomic mass is 32.1. The molecule has 0 spiro atoms. The molecular formula is C37H48N8O13S. The Bertz CT molecular complexity index is 1860. The van der Waals surface area contributed by atoms with E-state index in [0.29, 0.717) is 17.5 Å². The molecule has 0 saturated carbocycles. The van der Waals surface area contributed by atoms with Gasteiger partial charge in [-0.25, -0.2) is 4.79 Å². The van der Waals surface area contributed by atoms with E-state index >= 15 is 0 Å². The Morgan fingerprint density at radius 3 is 1.81 bits per heavy atom. The lowest BCUT2D eigenvalue weighted by molar-refractivity contribution is -0.147. The normalized spacial score (nSPS) is 15.9. The maximum absolute atomic E-state index is 13.7. The summed E-state index contributed by atoms with van der Waals surface area (Å²) in [4.78, 5) is 114. The van der Waals surface area contributed by atoms with Crippen LogP contribution in [0, 0.1) is 0 Å². The van der Waals surface area contributed by atoms with E-state index in [1.165, 1.54) is 48.2 Å². The number of rotatable bonds is 21. The molecule has 3 rings (SSSR count). The maximum atomic E-state index is 13.7. The minimum atomic E-state index is -1.74. The number of phenols is 2. The van der Waals surface area contributed by atoms with Gasteiger partial charge < -0.3 is 63.0 Å². The molecule has 0 aromatic heterocycles. The number of hydrogen-bond donors (Lipinski definition) is 12. The minimum absolute atomic E-state index is 0.0443. The van der Waals surface area contributed by atoms with Crippen molar-refractivity contribution < 1.29 is 63.6 Å². The SMILES string of the molecule is C[C@H](NC(=O)[C@@H](N)Cc1ccc(O)cc1)C(=O)NCC(=O)N[C@@H](Cc1ccc(O)cc1)C(=O)N[C@@H](CS)C(=O)N1CCC[C@H]1C(=O)NCC(=O)N[C@@H](CC(=O)O)C(=O)O. The smallest absolute Gasteiger partial charge is 0.326 e. The number of hydrogen-bond acceptors (Lipinski definition) is 13. The Balaban J connectivity index is 1.61. The van der Waals surface area contributed by atoms with Crippen molar-refractivity contribution in [3.8, 4) is 11.5 Å². The first-order chi connectivity index (χ1) is 27.9. The van der Waals surface area contributed by atoms with E-state index < -0.39 is 109 Å². The molecule has 12 N–H and O–H groups in total. The number of carbonyl (C=O) groups excluding carboxylic acids is 7. The van der Waals surface area contributed by atoms with Crippen LogP contribution in [0.5, 0.6) is 11.5 Å². The molecule has 0 aliphatic carbocycles. The number of phenolic OH excluding ortho intramolecular Hbond substituents is 2. The lowest BCUT2D eigenvalue weighted by Crippen LogP contribution is -2.58. The molecular weight excluding hydrogens is 797 g/mol. The Morgan fingerprint density at radius 2 is 1.27 bits per heavy atom. The van der Waals surface area contributed by atoms with E-state index in [0.717, 1.165) is 0 Å². The summed E-state index contributed by atoms with van der Waals surface area (Å²) in [6.45, 7) is 0.142. The van der Waals surface area contributed by atoms with Gasteiger partial charge in [0.1, 0.15) is 41.7 Å². The molecule has 6 atom stereocenters. The number of aromatic hydroxyl groups is 2. The Kier molecular flexibility index (Phi) is 17.9. The summed E-state index contributed by atoms with van der Waals surface area (Å²) in [7, 11) is 0. The van der Waals surface area contributed by atoms with Gasteiger partial charge >= 0.3 is 11.9 Å². The van der Waals surface area contributed by atoms with Gasteiger partial charge in [0.15, 0.2) is 0 Å². The van der Waals surface area contributed by atoms with Crippen molar-refractivity contribution in [2.24, 2.45) is 5.73 Å². The van der Waals surface area contributed by atoms with Gasteiger partial charge in [-0.2, -0.15) is 12.6 Å². The highest BCUT2D eigenvalue weighted by Crippen LogP contribution is 2.19. The molecule has 21 nitrogen and oxygen atoms in total. The monoisotopic (exact) mass is 844 g/mol. The van der Waals surface area contributed by atoms with E-state index in [4.69, 9.17) is 15.9 Å². The number of nitrogens with zero attached hydrogens (tertiary/aromatic N) is 1. The zero-order valence-corrected chi connectivity index (χ0v) is 32.8. The molecule has 1 heterocycles. The first-order valence-electron chi connectivity index (χ1n) is 18.3. The van der Waals surface area contributed by atoms with Crippen molar-refractivity contribution in [3.05, 3.63) is 59.7 Å². The van der Waals surface area contributed by atoms with Crippen LogP contribution in [-0.4, -0.2) is 140 Å². The van der Waals surface area contributed by atoms with Crippen LogP contribution in [0.1, 0.15) is 37.3 Å². The van der Waals surface area contributed by atoms with Crippen molar-refractivity contribution in [3.63, 3.8) is 0 Å². The standard InChI is InChI=1S/C37H48N8O13S/c1-19(41-33(53)24(38)13-20-4-8-22(46)9-5-20)32(52)39-16-29(48)42-25(14-21-6-10-23(47)11-7-21)34(54)44-27(18-59)36(56)45-12-2-3-28(45)35(55)40-17-30(49)43-26(37(57)58)15-31(50)51/h4-11,19,24-28,46-47,59H,2-3,12-18,38H2,1H3,(H,39,52)(H,40,55)(H,41,53)(H,42,48)(H,43,49)(H,44,54)(H,50,51)(H,57,58)/t19-,24-,25-,26-,27-,28-/m0/s1. The van der Waals surface area contributed by atoms with Crippen molar-refractivity contribution in [1.29, 1.82) is 0 Å². The third-order valence-corrected chi connectivity index (χ3v) is 9.37. The molecule has 7 amide bonds. The Morgan fingerprint density at radius 1 is 0.729 bits per heavy atom. The fraction of sp³-hybridized carbons (Fsp3) is 0.432. The predicted molar refractivity (Wildman–Crippen MR) is 209 cm³/mol. The van der Waals surface area contributed by atoms with E-state index in [1.54, 1.807) is 12.1 Å². The van der Waals surface area contributed by atoms with Gasteiger partial charge in [-0.05, 0) is 61.6 Å².